The molecule has 0 spiro atoms. The van der Waals surface area contributed by atoms with Crippen LogP contribution in [0.4, 0.5) is 10.1 Å². The Morgan fingerprint density at radius 3 is 2.57 bits per heavy atom. The third kappa shape index (κ3) is 3.07. The Morgan fingerprint density at radius 1 is 1.18 bits per heavy atom. The van der Waals surface area contributed by atoms with Crippen LogP contribution in [0.5, 0.6) is 0 Å². The summed E-state index contributed by atoms with van der Waals surface area (Å²) < 4.78 is 18.7. The minimum atomic E-state index is -0.332. The zero-order valence-corrected chi connectivity index (χ0v) is 16.5. The molecule has 0 bridgehead atoms. The second kappa shape index (κ2) is 7.16. The summed E-state index contributed by atoms with van der Waals surface area (Å²) in [6, 6.07) is 9.52. The van der Waals surface area contributed by atoms with Gasteiger partial charge < -0.3 is 9.32 Å². The van der Waals surface area contributed by atoms with Crippen molar-refractivity contribution in [3.63, 3.8) is 0 Å². The Hall–Kier alpha value is -3.06. The van der Waals surface area contributed by atoms with E-state index in [9.17, 15) is 9.18 Å². The standard InChI is InChI=1S/C21H18FN3O2S/c1-4-25(15-9-7-14(22)8-10-15)21(26)18-12(2)17-13(3)23-19(24-20(17)28-18)16-6-5-11-27-16/h5-11H,4H2,1-3H3. The maximum absolute atomic E-state index is 13.3. The van der Waals surface area contributed by atoms with E-state index in [0.29, 0.717) is 28.7 Å². The van der Waals surface area contributed by atoms with Crippen molar-refractivity contribution in [2.24, 2.45) is 0 Å². The van der Waals surface area contributed by atoms with Crippen LogP contribution in [0, 0.1) is 19.7 Å². The molecule has 4 rings (SSSR count). The first-order chi connectivity index (χ1) is 13.5. The number of halogens is 1. The van der Waals surface area contributed by atoms with Gasteiger partial charge in [0.25, 0.3) is 5.91 Å². The van der Waals surface area contributed by atoms with Gasteiger partial charge in [0, 0.05) is 17.6 Å². The Kier molecular flexibility index (Phi) is 4.68. The number of amides is 1. The Balaban J connectivity index is 1.79. The lowest BCUT2D eigenvalue weighted by atomic mass is 10.1. The molecule has 0 fully saturated rings. The van der Waals surface area contributed by atoms with Crippen LogP contribution in [0.2, 0.25) is 0 Å². The lowest BCUT2D eigenvalue weighted by Gasteiger charge is -2.20. The maximum Gasteiger partial charge on any atom is 0.268 e. The summed E-state index contributed by atoms with van der Waals surface area (Å²) in [7, 11) is 0. The molecule has 5 nitrogen and oxygen atoms in total. The molecular formula is C21H18FN3O2S. The number of hydrogen-bond acceptors (Lipinski definition) is 5. The summed E-state index contributed by atoms with van der Waals surface area (Å²) >= 11 is 1.34. The van der Waals surface area contributed by atoms with Gasteiger partial charge in [0.15, 0.2) is 11.6 Å². The SMILES string of the molecule is CCN(C(=O)c1sc2nc(-c3ccco3)nc(C)c2c1C)c1ccc(F)cc1. The first-order valence-electron chi connectivity index (χ1n) is 8.88. The van der Waals surface area contributed by atoms with Gasteiger partial charge >= 0.3 is 0 Å². The number of hydrogen-bond donors (Lipinski definition) is 0. The van der Waals surface area contributed by atoms with E-state index in [4.69, 9.17) is 4.42 Å². The minimum absolute atomic E-state index is 0.131. The minimum Gasteiger partial charge on any atom is -0.461 e. The molecule has 0 aliphatic rings. The van der Waals surface area contributed by atoms with Crippen LogP contribution in [-0.4, -0.2) is 22.4 Å². The molecule has 28 heavy (non-hydrogen) atoms. The molecule has 7 heteroatoms. The van der Waals surface area contributed by atoms with Crippen LogP contribution in [0.15, 0.2) is 47.1 Å². The van der Waals surface area contributed by atoms with Crippen molar-refractivity contribution in [1.82, 2.24) is 9.97 Å². The summed E-state index contributed by atoms with van der Waals surface area (Å²) in [5, 5.41) is 0.888. The number of carbonyl (C=O) groups excluding carboxylic acids is 1. The third-order valence-corrected chi connectivity index (χ3v) is 5.78. The molecule has 1 amide bonds. The van der Waals surface area contributed by atoms with Gasteiger partial charge in [-0.3, -0.25) is 4.79 Å². The molecule has 1 aromatic carbocycles. The third-order valence-electron chi connectivity index (χ3n) is 4.61. The molecule has 0 saturated heterocycles. The molecule has 0 atom stereocenters. The van der Waals surface area contributed by atoms with Crippen molar-refractivity contribution >= 4 is 33.1 Å². The molecule has 4 aromatic rings. The van der Waals surface area contributed by atoms with Gasteiger partial charge in [-0.05, 0) is 62.7 Å². The summed E-state index contributed by atoms with van der Waals surface area (Å²) in [6.07, 6.45) is 1.58. The van der Waals surface area contributed by atoms with E-state index in [1.807, 2.05) is 20.8 Å². The number of fused-ring (bicyclic) bond motifs is 1. The molecule has 0 saturated carbocycles. The monoisotopic (exact) mass is 395 g/mol. The summed E-state index contributed by atoms with van der Waals surface area (Å²) in [4.78, 5) is 25.4. The van der Waals surface area contributed by atoms with Crippen molar-refractivity contribution < 1.29 is 13.6 Å². The van der Waals surface area contributed by atoms with Gasteiger partial charge in [0.2, 0.25) is 0 Å². The quantitative estimate of drug-likeness (QED) is 0.466. The van der Waals surface area contributed by atoms with Crippen molar-refractivity contribution in [2.75, 3.05) is 11.4 Å². The molecule has 3 aromatic heterocycles. The normalized spacial score (nSPS) is 11.1. The lowest BCUT2D eigenvalue weighted by Crippen LogP contribution is -2.30. The van der Waals surface area contributed by atoms with Crippen LogP contribution in [-0.2, 0) is 0 Å². The average molecular weight is 395 g/mol. The van der Waals surface area contributed by atoms with Crippen molar-refractivity contribution in [1.29, 1.82) is 0 Å². The van der Waals surface area contributed by atoms with Crippen LogP contribution >= 0.6 is 11.3 Å². The Bertz CT molecular complexity index is 1150. The molecule has 0 aliphatic carbocycles. The van der Waals surface area contributed by atoms with E-state index in [-0.39, 0.29) is 11.7 Å². The smallest absolute Gasteiger partial charge is 0.268 e. The number of carbonyl (C=O) groups is 1. The fourth-order valence-electron chi connectivity index (χ4n) is 3.25. The fraction of sp³-hybridized carbons (Fsp3) is 0.190. The van der Waals surface area contributed by atoms with Crippen LogP contribution in [0.3, 0.4) is 0 Å². The topological polar surface area (TPSA) is 59.2 Å². The van der Waals surface area contributed by atoms with Crippen LogP contribution in [0.1, 0.15) is 27.9 Å². The first kappa shape index (κ1) is 18.3. The van der Waals surface area contributed by atoms with E-state index in [0.717, 1.165) is 21.5 Å². The maximum atomic E-state index is 13.3. The number of thiophene rings is 1. The van der Waals surface area contributed by atoms with Gasteiger partial charge in [0.1, 0.15) is 10.6 Å². The highest BCUT2D eigenvalue weighted by Gasteiger charge is 2.24. The van der Waals surface area contributed by atoms with Crippen LogP contribution in [0.25, 0.3) is 21.8 Å². The number of rotatable bonds is 4. The molecule has 142 valence electrons. The van der Waals surface area contributed by atoms with E-state index in [1.54, 1.807) is 35.4 Å². The summed E-state index contributed by atoms with van der Waals surface area (Å²) in [6.45, 7) is 6.18. The number of aromatic nitrogens is 2. The number of furan rings is 1. The van der Waals surface area contributed by atoms with E-state index >= 15 is 0 Å². The molecule has 0 unspecified atom stereocenters. The zero-order chi connectivity index (χ0) is 19.8. The fourth-order valence-corrected chi connectivity index (χ4v) is 4.43. The molecule has 0 N–H and O–H groups in total. The van der Waals surface area contributed by atoms with E-state index < -0.39 is 0 Å². The van der Waals surface area contributed by atoms with Gasteiger partial charge in [-0.15, -0.1) is 11.3 Å². The molecular weight excluding hydrogens is 377 g/mol. The summed E-state index contributed by atoms with van der Waals surface area (Å²) in [5.74, 6) is 0.627. The second-order valence-electron chi connectivity index (χ2n) is 6.37. The Labute approximate surface area is 165 Å². The van der Waals surface area contributed by atoms with Crippen molar-refractivity contribution in [3.8, 4) is 11.6 Å². The zero-order valence-electron chi connectivity index (χ0n) is 15.7. The largest absolute Gasteiger partial charge is 0.461 e. The van der Waals surface area contributed by atoms with E-state index in [1.165, 1.54) is 23.5 Å². The number of nitrogens with zero attached hydrogens (tertiary/aromatic N) is 3. The van der Waals surface area contributed by atoms with Gasteiger partial charge in [-0.25, -0.2) is 14.4 Å². The summed E-state index contributed by atoms with van der Waals surface area (Å²) in [5.41, 5.74) is 2.31. The molecule has 3 heterocycles. The predicted octanol–water partition coefficient (Wildman–Crippen LogP) is 5.37. The van der Waals surface area contributed by atoms with Crippen LogP contribution < -0.4 is 4.90 Å². The average Bonchev–Trinajstić information content (AvgIpc) is 3.32. The van der Waals surface area contributed by atoms with Gasteiger partial charge in [-0.2, -0.15) is 0 Å². The number of anilines is 1. The van der Waals surface area contributed by atoms with E-state index in [2.05, 4.69) is 9.97 Å². The predicted molar refractivity (Wildman–Crippen MR) is 108 cm³/mol. The highest BCUT2D eigenvalue weighted by atomic mass is 32.1. The second-order valence-corrected chi connectivity index (χ2v) is 7.37. The first-order valence-corrected chi connectivity index (χ1v) is 9.70. The van der Waals surface area contributed by atoms with Crippen molar-refractivity contribution in [3.05, 3.63) is 64.6 Å². The number of aryl methyl sites for hydroxylation is 2. The van der Waals surface area contributed by atoms with Crippen molar-refractivity contribution in [2.45, 2.75) is 20.8 Å². The van der Waals surface area contributed by atoms with Gasteiger partial charge in [-0.1, -0.05) is 0 Å². The van der Waals surface area contributed by atoms with Gasteiger partial charge in [0.05, 0.1) is 16.8 Å². The Morgan fingerprint density at radius 2 is 1.93 bits per heavy atom. The highest BCUT2D eigenvalue weighted by Crippen LogP contribution is 2.34. The number of benzene rings is 1. The molecule has 0 radical (unpaired) electrons. The lowest BCUT2D eigenvalue weighted by molar-refractivity contribution is 0.0991. The molecule has 0 aliphatic heterocycles. The highest BCUT2D eigenvalue weighted by molar-refractivity contribution is 7.20.